The third-order valence-electron chi connectivity index (χ3n) is 3.27. The van der Waals surface area contributed by atoms with Crippen LogP contribution in [0.25, 0.3) is 10.9 Å². The highest BCUT2D eigenvalue weighted by atomic mass is 16.5. The number of nitrogens with zero attached hydrogens (tertiary/aromatic N) is 2. The van der Waals surface area contributed by atoms with Crippen molar-refractivity contribution in [3.63, 3.8) is 0 Å². The summed E-state index contributed by atoms with van der Waals surface area (Å²) < 4.78 is 5.65. The highest BCUT2D eigenvalue weighted by Gasteiger charge is 2.07. The van der Waals surface area contributed by atoms with Gasteiger partial charge in [-0.05, 0) is 38.1 Å². The summed E-state index contributed by atoms with van der Waals surface area (Å²) in [6.07, 6.45) is 1.77. The molecule has 0 saturated carbocycles. The smallest absolute Gasteiger partial charge is 0.317 e. The summed E-state index contributed by atoms with van der Waals surface area (Å²) in [6.45, 7) is 6.27. The van der Waals surface area contributed by atoms with Gasteiger partial charge in [-0.25, -0.2) is 4.79 Å². The molecule has 0 bridgehead atoms. The Morgan fingerprint density at radius 3 is 2.86 bits per heavy atom. The van der Waals surface area contributed by atoms with Crippen LogP contribution in [0.4, 0.5) is 4.79 Å². The molecule has 5 nitrogen and oxygen atoms in total. The molecule has 0 spiro atoms. The molecule has 1 aromatic carbocycles. The Kier molecular flexibility index (Phi) is 5.37. The van der Waals surface area contributed by atoms with E-state index in [1.165, 1.54) is 0 Å². The van der Waals surface area contributed by atoms with Crippen LogP contribution in [0.3, 0.4) is 0 Å². The van der Waals surface area contributed by atoms with Crippen LogP contribution < -0.4 is 10.1 Å². The zero-order valence-corrected chi connectivity index (χ0v) is 12.5. The van der Waals surface area contributed by atoms with E-state index in [4.69, 9.17) is 4.74 Å². The summed E-state index contributed by atoms with van der Waals surface area (Å²) in [5.41, 5.74) is 0.944. The fourth-order valence-corrected chi connectivity index (χ4v) is 2.09. The molecule has 0 aliphatic carbocycles. The first-order chi connectivity index (χ1) is 10.2. The van der Waals surface area contributed by atoms with E-state index in [1.54, 1.807) is 11.1 Å². The number of urea groups is 1. The van der Waals surface area contributed by atoms with Gasteiger partial charge in [-0.2, -0.15) is 0 Å². The molecule has 0 atom stereocenters. The molecule has 21 heavy (non-hydrogen) atoms. The van der Waals surface area contributed by atoms with E-state index >= 15 is 0 Å². The van der Waals surface area contributed by atoms with Crippen molar-refractivity contribution in [2.24, 2.45) is 0 Å². The number of hydrogen-bond donors (Lipinski definition) is 1. The molecule has 2 aromatic rings. The maximum Gasteiger partial charge on any atom is 0.317 e. The normalized spacial score (nSPS) is 10.4. The largest absolute Gasteiger partial charge is 0.492 e. The fourth-order valence-electron chi connectivity index (χ4n) is 2.09. The van der Waals surface area contributed by atoms with Crippen LogP contribution in [0.15, 0.2) is 36.5 Å². The molecule has 0 unspecified atom stereocenters. The zero-order chi connectivity index (χ0) is 15.1. The van der Waals surface area contributed by atoms with E-state index in [1.807, 2.05) is 44.2 Å². The number of carbonyl (C=O) groups excluding carboxylic acids is 1. The lowest BCUT2D eigenvalue weighted by atomic mass is 10.2. The zero-order valence-electron chi connectivity index (χ0n) is 12.5. The summed E-state index contributed by atoms with van der Waals surface area (Å²) in [7, 11) is 0. The van der Waals surface area contributed by atoms with Crippen LogP contribution >= 0.6 is 0 Å². The van der Waals surface area contributed by atoms with Gasteiger partial charge in [-0.1, -0.05) is 6.07 Å². The van der Waals surface area contributed by atoms with Crippen LogP contribution in [0.1, 0.15) is 13.8 Å². The highest BCUT2D eigenvalue weighted by molar-refractivity contribution is 5.79. The SMILES string of the molecule is CCN(CC)C(=O)NCCOc1ccc2ncccc2c1. The molecule has 0 fully saturated rings. The van der Waals surface area contributed by atoms with Crippen molar-refractivity contribution in [1.82, 2.24) is 15.2 Å². The topological polar surface area (TPSA) is 54.5 Å². The van der Waals surface area contributed by atoms with Crippen LogP contribution in [-0.4, -0.2) is 42.2 Å². The number of nitrogens with one attached hydrogen (secondary N) is 1. The van der Waals surface area contributed by atoms with Gasteiger partial charge in [-0.15, -0.1) is 0 Å². The maximum atomic E-state index is 11.7. The average molecular weight is 287 g/mol. The van der Waals surface area contributed by atoms with Gasteiger partial charge in [0, 0.05) is 24.7 Å². The van der Waals surface area contributed by atoms with Crippen LogP contribution in [0.5, 0.6) is 5.75 Å². The van der Waals surface area contributed by atoms with Gasteiger partial charge in [0.05, 0.1) is 12.1 Å². The Morgan fingerprint density at radius 2 is 2.10 bits per heavy atom. The lowest BCUT2D eigenvalue weighted by molar-refractivity contribution is 0.200. The molecule has 112 valence electrons. The lowest BCUT2D eigenvalue weighted by Crippen LogP contribution is -2.41. The van der Waals surface area contributed by atoms with Gasteiger partial charge >= 0.3 is 6.03 Å². The Labute approximate surface area is 124 Å². The van der Waals surface area contributed by atoms with Crippen molar-refractivity contribution < 1.29 is 9.53 Å². The number of benzene rings is 1. The third kappa shape index (κ3) is 4.08. The van der Waals surface area contributed by atoms with E-state index in [0.717, 1.165) is 16.7 Å². The Balaban J connectivity index is 1.81. The minimum atomic E-state index is -0.0497. The number of pyridine rings is 1. The minimum Gasteiger partial charge on any atom is -0.492 e. The van der Waals surface area contributed by atoms with Crippen molar-refractivity contribution in [2.75, 3.05) is 26.2 Å². The number of hydrogen-bond acceptors (Lipinski definition) is 3. The van der Waals surface area contributed by atoms with Gasteiger partial charge in [0.1, 0.15) is 12.4 Å². The van der Waals surface area contributed by atoms with Gasteiger partial charge in [0.15, 0.2) is 0 Å². The number of rotatable bonds is 6. The van der Waals surface area contributed by atoms with Gasteiger partial charge in [0.25, 0.3) is 0 Å². The van der Waals surface area contributed by atoms with Gasteiger partial charge in [0.2, 0.25) is 0 Å². The van der Waals surface area contributed by atoms with Crippen molar-refractivity contribution in [1.29, 1.82) is 0 Å². The molecule has 1 N–H and O–H groups in total. The number of carbonyl (C=O) groups is 1. The average Bonchev–Trinajstić information content (AvgIpc) is 2.52. The molecular formula is C16H21N3O2. The van der Waals surface area contributed by atoms with Gasteiger partial charge < -0.3 is 15.0 Å². The van der Waals surface area contributed by atoms with Crippen molar-refractivity contribution >= 4 is 16.9 Å². The van der Waals surface area contributed by atoms with Crippen molar-refractivity contribution in [3.05, 3.63) is 36.5 Å². The van der Waals surface area contributed by atoms with E-state index < -0.39 is 0 Å². The monoisotopic (exact) mass is 287 g/mol. The van der Waals surface area contributed by atoms with Crippen LogP contribution in [-0.2, 0) is 0 Å². The maximum absolute atomic E-state index is 11.7. The van der Waals surface area contributed by atoms with Gasteiger partial charge in [-0.3, -0.25) is 4.98 Å². The van der Waals surface area contributed by atoms with Crippen molar-refractivity contribution in [3.8, 4) is 5.75 Å². The Bertz CT molecular complexity index is 597. The molecule has 0 aliphatic rings. The van der Waals surface area contributed by atoms with E-state index in [-0.39, 0.29) is 6.03 Å². The predicted molar refractivity (Wildman–Crippen MR) is 83.6 cm³/mol. The second kappa shape index (κ2) is 7.47. The highest BCUT2D eigenvalue weighted by Crippen LogP contribution is 2.18. The second-order valence-corrected chi connectivity index (χ2v) is 4.61. The quantitative estimate of drug-likeness (QED) is 0.831. The fraction of sp³-hybridized carbons (Fsp3) is 0.375. The summed E-state index contributed by atoms with van der Waals surface area (Å²) >= 11 is 0. The predicted octanol–water partition coefficient (Wildman–Crippen LogP) is 2.67. The molecule has 1 heterocycles. The first-order valence-corrected chi connectivity index (χ1v) is 7.25. The van der Waals surface area contributed by atoms with E-state index in [0.29, 0.717) is 26.2 Å². The summed E-state index contributed by atoms with van der Waals surface area (Å²) in [4.78, 5) is 17.7. The lowest BCUT2D eigenvalue weighted by Gasteiger charge is -2.19. The Morgan fingerprint density at radius 1 is 1.29 bits per heavy atom. The summed E-state index contributed by atoms with van der Waals surface area (Å²) in [5.74, 6) is 0.785. The molecule has 0 saturated heterocycles. The molecule has 2 amide bonds. The minimum absolute atomic E-state index is 0.0497. The molecule has 5 heteroatoms. The molecule has 0 radical (unpaired) electrons. The summed E-state index contributed by atoms with van der Waals surface area (Å²) in [5, 5.41) is 3.89. The second-order valence-electron chi connectivity index (χ2n) is 4.61. The number of fused-ring (bicyclic) bond motifs is 1. The summed E-state index contributed by atoms with van der Waals surface area (Å²) in [6, 6.07) is 9.62. The van der Waals surface area contributed by atoms with E-state index in [9.17, 15) is 4.79 Å². The molecule has 2 rings (SSSR count). The van der Waals surface area contributed by atoms with Crippen molar-refractivity contribution in [2.45, 2.75) is 13.8 Å². The third-order valence-corrected chi connectivity index (χ3v) is 3.27. The van der Waals surface area contributed by atoms with E-state index in [2.05, 4.69) is 10.3 Å². The van der Waals surface area contributed by atoms with Crippen LogP contribution in [0, 0.1) is 0 Å². The molecule has 0 aliphatic heterocycles. The molecular weight excluding hydrogens is 266 g/mol. The van der Waals surface area contributed by atoms with Crippen LogP contribution in [0.2, 0.25) is 0 Å². The molecule has 1 aromatic heterocycles. The Hall–Kier alpha value is -2.30. The first-order valence-electron chi connectivity index (χ1n) is 7.25. The number of amides is 2. The number of aromatic nitrogens is 1. The first kappa shape index (κ1) is 15.1. The number of ether oxygens (including phenoxy) is 1. The standard InChI is InChI=1S/C16H21N3O2/c1-3-19(4-2)16(20)18-10-11-21-14-7-8-15-13(12-14)6-5-9-17-15/h5-9,12H,3-4,10-11H2,1-2H3,(H,18,20).